The minimum atomic E-state index is 0. The van der Waals surface area contributed by atoms with Crippen molar-refractivity contribution in [3.8, 4) is 0 Å². The van der Waals surface area contributed by atoms with E-state index in [0.717, 1.165) is 44.5 Å². The highest BCUT2D eigenvalue weighted by Gasteiger charge is 2.26. The average molecular weight is 463 g/mol. The zero-order chi connectivity index (χ0) is 17.1. The number of nitrogens with zero attached hydrogens (tertiary/aromatic N) is 4. The topological polar surface area (TPSA) is 43.8 Å². The first-order valence-corrected chi connectivity index (χ1v) is 9.04. The van der Waals surface area contributed by atoms with Gasteiger partial charge >= 0.3 is 0 Å². The maximum Gasteiger partial charge on any atom is 0.193 e. The van der Waals surface area contributed by atoms with Gasteiger partial charge in [0.15, 0.2) is 5.96 Å². The summed E-state index contributed by atoms with van der Waals surface area (Å²) in [4.78, 5) is 13.6. The second kappa shape index (κ2) is 8.70. The molecule has 138 valence electrons. The normalized spacial score (nSPS) is 19.3. The number of anilines is 1. The van der Waals surface area contributed by atoms with Gasteiger partial charge in [-0.1, -0.05) is 30.3 Å². The monoisotopic (exact) mass is 463 g/mol. The fourth-order valence-corrected chi connectivity index (χ4v) is 3.78. The van der Waals surface area contributed by atoms with Crippen LogP contribution in [-0.2, 0) is 6.42 Å². The lowest BCUT2D eigenvalue weighted by Crippen LogP contribution is -2.53. The molecule has 1 aromatic carbocycles. The summed E-state index contributed by atoms with van der Waals surface area (Å²) in [7, 11) is 1.88. The lowest BCUT2D eigenvalue weighted by atomic mass is 9.78. The van der Waals surface area contributed by atoms with E-state index in [0.29, 0.717) is 5.92 Å². The summed E-state index contributed by atoms with van der Waals surface area (Å²) in [5, 5.41) is 3.58. The van der Waals surface area contributed by atoms with Crippen molar-refractivity contribution >= 4 is 35.8 Å². The number of aliphatic imine (C=N–C) groups is 1. The fourth-order valence-electron chi connectivity index (χ4n) is 3.78. The zero-order valence-electron chi connectivity index (χ0n) is 15.1. The highest BCUT2D eigenvalue weighted by molar-refractivity contribution is 14.0. The Morgan fingerprint density at radius 1 is 1.12 bits per heavy atom. The predicted octanol–water partition coefficient (Wildman–Crippen LogP) is 2.74. The van der Waals surface area contributed by atoms with Crippen molar-refractivity contribution in [2.45, 2.75) is 12.3 Å². The summed E-state index contributed by atoms with van der Waals surface area (Å²) < 4.78 is 0. The van der Waals surface area contributed by atoms with E-state index in [1.54, 1.807) is 0 Å². The first-order valence-electron chi connectivity index (χ1n) is 9.04. The molecule has 1 N–H and O–H groups in total. The number of piperazine rings is 1. The smallest absolute Gasteiger partial charge is 0.193 e. The van der Waals surface area contributed by atoms with Gasteiger partial charge in [0.1, 0.15) is 5.82 Å². The molecule has 2 aromatic rings. The molecule has 1 atom stereocenters. The van der Waals surface area contributed by atoms with Crippen molar-refractivity contribution in [1.29, 1.82) is 0 Å². The zero-order valence-corrected chi connectivity index (χ0v) is 17.5. The molecule has 2 aliphatic rings. The number of halogens is 1. The molecule has 1 unspecified atom stereocenters. The van der Waals surface area contributed by atoms with Gasteiger partial charge in [0.2, 0.25) is 0 Å². The second-order valence-corrected chi connectivity index (χ2v) is 6.69. The molecule has 4 rings (SSSR count). The van der Waals surface area contributed by atoms with E-state index in [2.05, 4.69) is 55.4 Å². The molecule has 1 aromatic heterocycles. The van der Waals surface area contributed by atoms with Crippen LogP contribution in [0.2, 0.25) is 0 Å². The summed E-state index contributed by atoms with van der Waals surface area (Å²) >= 11 is 0. The van der Waals surface area contributed by atoms with E-state index in [9.17, 15) is 0 Å². The molecule has 1 aliphatic carbocycles. The number of benzene rings is 1. The van der Waals surface area contributed by atoms with Crippen LogP contribution < -0.4 is 10.2 Å². The van der Waals surface area contributed by atoms with Crippen molar-refractivity contribution in [3.05, 3.63) is 59.8 Å². The first-order chi connectivity index (χ1) is 12.3. The molecule has 1 fully saturated rings. The number of pyridine rings is 1. The van der Waals surface area contributed by atoms with E-state index in [1.165, 1.54) is 17.5 Å². The fraction of sp³-hybridized carbons (Fsp3) is 0.400. The van der Waals surface area contributed by atoms with E-state index in [-0.39, 0.29) is 24.0 Å². The summed E-state index contributed by atoms with van der Waals surface area (Å²) in [6, 6.07) is 14.8. The van der Waals surface area contributed by atoms with Crippen LogP contribution in [0.3, 0.4) is 0 Å². The molecule has 0 spiro atoms. The standard InChI is InChI=1S/C20H25N5.HI/c1-21-20(23-15-17-14-16-6-2-3-7-18(16)17)25-12-10-24(11-13-25)19-8-4-5-9-22-19;/h2-9,17H,10-15H2,1H3,(H,21,23);1H. The highest BCUT2D eigenvalue weighted by Crippen LogP contribution is 2.34. The SMILES string of the molecule is CN=C(NCC1Cc2ccccc21)N1CCN(c2ccccn2)CC1.I. The van der Waals surface area contributed by atoms with Crippen LogP contribution in [0.4, 0.5) is 5.82 Å². The average Bonchev–Trinajstić information content (AvgIpc) is 2.66. The van der Waals surface area contributed by atoms with Gasteiger partial charge in [-0.05, 0) is 29.7 Å². The van der Waals surface area contributed by atoms with Gasteiger partial charge in [-0.25, -0.2) is 4.98 Å². The van der Waals surface area contributed by atoms with Crippen LogP contribution in [0.15, 0.2) is 53.7 Å². The Bertz CT molecular complexity index is 741. The Kier molecular flexibility index (Phi) is 6.34. The Hall–Kier alpha value is -1.83. The van der Waals surface area contributed by atoms with Crippen LogP contribution >= 0.6 is 24.0 Å². The summed E-state index contributed by atoms with van der Waals surface area (Å²) in [6.45, 7) is 4.85. The molecule has 0 bridgehead atoms. The number of fused-ring (bicyclic) bond motifs is 1. The molecule has 0 radical (unpaired) electrons. The van der Waals surface area contributed by atoms with Crippen LogP contribution in [0.25, 0.3) is 0 Å². The van der Waals surface area contributed by atoms with Gasteiger partial charge in [0.05, 0.1) is 0 Å². The van der Waals surface area contributed by atoms with E-state index in [4.69, 9.17) is 0 Å². The third-order valence-electron chi connectivity index (χ3n) is 5.23. The van der Waals surface area contributed by atoms with Gasteiger partial charge in [0, 0.05) is 51.9 Å². The van der Waals surface area contributed by atoms with Crippen molar-refractivity contribution in [2.75, 3.05) is 44.7 Å². The second-order valence-electron chi connectivity index (χ2n) is 6.69. The number of hydrogen-bond acceptors (Lipinski definition) is 3. The van der Waals surface area contributed by atoms with Crippen molar-refractivity contribution in [3.63, 3.8) is 0 Å². The number of hydrogen-bond donors (Lipinski definition) is 1. The molecular weight excluding hydrogens is 437 g/mol. The number of nitrogens with one attached hydrogen (secondary N) is 1. The molecule has 2 heterocycles. The van der Waals surface area contributed by atoms with Crippen molar-refractivity contribution < 1.29 is 0 Å². The first kappa shape index (κ1) is 18.9. The Balaban J connectivity index is 0.00000196. The summed E-state index contributed by atoms with van der Waals surface area (Å²) in [5.74, 6) is 2.70. The molecule has 26 heavy (non-hydrogen) atoms. The highest BCUT2D eigenvalue weighted by atomic mass is 127. The third kappa shape index (κ3) is 3.95. The number of rotatable bonds is 3. The molecule has 1 aliphatic heterocycles. The maximum absolute atomic E-state index is 4.49. The lowest BCUT2D eigenvalue weighted by Gasteiger charge is -2.38. The number of aromatic nitrogens is 1. The van der Waals surface area contributed by atoms with E-state index < -0.39 is 0 Å². The molecule has 0 saturated carbocycles. The Morgan fingerprint density at radius 2 is 1.88 bits per heavy atom. The van der Waals surface area contributed by atoms with E-state index in [1.807, 2.05) is 25.4 Å². The summed E-state index contributed by atoms with van der Waals surface area (Å²) in [5.41, 5.74) is 2.98. The van der Waals surface area contributed by atoms with Crippen LogP contribution in [0.5, 0.6) is 0 Å². The van der Waals surface area contributed by atoms with Crippen LogP contribution in [0.1, 0.15) is 17.0 Å². The van der Waals surface area contributed by atoms with Crippen LogP contribution in [-0.4, -0.2) is 55.6 Å². The minimum absolute atomic E-state index is 0. The Labute approximate surface area is 172 Å². The van der Waals surface area contributed by atoms with E-state index >= 15 is 0 Å². The van der Waals surface area contributed by atoms with Crippen LogP contribution in [0, 0.1) is 0 Å². The van der Waals surface area contributed by atoms with Gasteiger partial charge in [0.25, 0.3) is 0 Å². The third-order valence-corrected chi connectivity index (χ3v) is 5.23. The Morgan fingerprint density at radius 3 is 2.58 bits per heavy atom. The van der Waals surface area contributed by atoms with Gasteiger partial charge in [-0.2, -0.15) is 0 Å². The molecule has 5 nitrogen and oxygen atoms in total. The number of guanidine groups is 1. The maximum atomic E-state index is 4.49. The van der Waals surface area contributed by atoms with Gasteiger partial charge in [-0.15, -0.1) is 24.0 Å². The molecule has 0 amide bonds. The van der Waals surface area contributed by atoms with Gasteiger partial charge < -0.3 is 15.1 Å². The quantitative estimate of drug-likeness (QED) is 0.432. The molecular formula is C20H26IN5. The van der Waals surface area contributed by atoms with Crippen molar-refractivity contribution in [1.82, 2.24) is 15.2 Å². The molecule has 6 heteroatoms. The molecule has 1 saturated heterocycles. The van der Waals surface area contributed by atoms with Gasteiger partial charge in [-0.3, -0.25) is 4.99 Å². The summed E-state index contributed by atoms with van der Waals surface area (Å²) in [6.07, 6.45) is 3.03. The largest absolute Gasteiger partial charge is 0.356 e. The minimum Gasteiger partial charge on any atom is -0.356 e. The predicted molar refractivity (Wildman–Crippen MR) is 118 cm³/mol. The lowest BCUT2D eigenvalue weighted by molar-refractivity contribution is 0.369. The van der Waals surface area contributed by atoms with Crippen molar-refractivity contribution in [2.24, 2.45) is 4.99 Å².